The van der Waals surface area contributed by atoms with Crippen molar-refractivity contribution < 1.29 is 13.2 Å². The lowest BCUT2D eigenvalue weighted by molar-refractivity contribution is -0.148. The number of aromatic nitrogens is 2. The van der Waals surface area contributed by atoms with E-state index in [1.54, 1.807) is 13.8 Å². The van der Waals surface area contributed by atoms with E-state index in [-0.39, 0.29) is 16.7 Å². The summed E-state index contributed by atoms with van der Waals surface area (Å²) in [6.45, 7) is 8.33. The Morgan fingerprint density at radius 3 is 2.21 bits per heavy atom. The number of piperidine rings is 1. The van der Waals surface area contributed by atoms with Crippen molar-refractivity contribution in [2.45, 2.75) is 63.9 Å². The monoisotopic (exact) mass is 354 g/mol. The maximum Gasteiger partial charge on any atom is 0.246 e. The number of rotatable bonds is 3. The Kier molecular flexibility index (Phi) is 4.46. The van der Waals surface area contributed by atoms with Gasteiger partial charge in [0.2, 0.25) is 15.9 Å². The van der Waals surface area contributed by atoms with Gasteiger partial charge in [-0.25, -0.2) is 8.42 Å². The van der Waals surface area contributed by atoms with E-state index in [0.717, 1.165) is 6.42 Å². The van der Waals surface area contributed by atoms with Gasteiger partial charge in [0.1, 0.15) is 4.90 Å². The number of carbonyl (C=O) groups excluding carboxylic acids is 1. The molecule has 2 aliphatic heterocycles. The number of amides is 1. The van der Waals surface area contributed by atoms with Gasteiger partial charge in [-0.05, 0) is 47.0 Å². The third kappa shape index (κ3) is 2.75. The predicted molar refractivity (Wildman–Crippen MR) is 89.9 cm³/mol. The standard InChI is InChI=1S/C16H26N4O3S/c1-10-9-11(2)20(10)16(21)14-5-7-19(8-6-14)24(22,23)15-12(3)17-18-13(15)4/h10-11,14H,5-9H2,1-4H3,(H,17,18). The highest BCUT2D eigenvalue weighted by atomic mass is 32.2. The van der Waals surface area contributed by atoms with Crippen LogP contribution in [-0.2, 0) is 14.8 Å². The highest BCUT2D eigenvalue weighted by Crippen LogP contribution is 2.32. The molecule has 24 heavy (non-hydrogen) atoms. The molecule has 1 aromatic heterocycles. The molecule has 0 saturated carbocycles. The SMILES string of the molecule is Cc1n[nH]c(C)c1S(=O)(=O)N1CCC(C(=O)N2C(C)CC2C)CC1. The van der Waals surface area contributed by atoms with Crippen molar-refractivity contribution in [3.8, 4) is 0 Å². The molecular weight excluding hydrogens is 328 g/mol. The summed E-state index contributed by atoms with van der Waals surface area (Å²) in [5.41, 5.74) is 1.06. The Morgan fingerprint density at radius 2 is 1.75 bits per heavy atom. The quantitative estimate of drug-likeness (QED) is 0.890. The molecule has 2 atom stereocenters. The summed E-state index contributed by atoms with van der Waals surface area (Å²) in [6.07, 6.45) is 2.23. The molecule has 2 fully saturated rings. The van der Waals surface area contributed by atoms with Gasteiger partial charge in [0, 0.05) is 31.1 Å². The van der Waals surface area contributed by atoms with Crippen molar-refractivity contribution in [2.24, 2.45) is 5.92 Å². The van der Waals surface area contributed by atoms with Crippen molar-refractivity contribution in [1.82, 2.24) is 19.4 Å². The lowest BCUT2D eigenvalue weighted by Crippen LogP contribution is -2.58. The first-order chi connectivity index (χ1) is 11.2. The van der Waals surface area contributed by atoms with Crippen molar-refractivity contribution in [1.29, 1.82) is 0 Å². The molecule has 0 radical (unpaired) electrons. The average Bonchev–Trinajstić information content (AvgIpc) is 2.86. The number of aromatic amines is 1. The van der Waals surface area contributed by atoms with E-state index in [2.05, 4.69) is 24.0 Å². The van der Waals surface area contributed by atoms with Crippen LogP contribution < -0.4 is 0 Å². The molecule has 0 bridgehead atoms. The van der Waals surface area contributed by atoms with E-state index >= 15 is 0 Å². The van der Waals surface area contributed by atoms with Gasteiger partial charge >= 0.3 is 0 Å². The normalized spacial score (nSPS) is 26.4. The van der Waals surface area contributed by atoms with Crippen LogP contribution in [0.5, 0.6) is 0 Å². The Bertz CT molecular complexity index is 707. The number of aryl methyl sites for hydroxylation is 2. The minimum atomic E-state index is -3.55. The fourth-order valence-electron chi connectivity index (χ4n) is 4.06. The van der Waals surface area contributed by atoms with E-state index in [4.69, 9.17) is 0 Å². The lowest BCUT2D eigenvalue weighted by Gasteiger charge is -2.47. The third-order valence-electron chi connectivity index (χ3n) is 5.35. The molecule has 1 N–H and O–H groups in total. The minimum absolute atomic E-state index is 0.0619. The van der Waals surface area contributed by atoms with Crippen LogP contribution in [0.4, 0.5) is 0 Å². The lowest BCUT2D eigenvalue weighted by atomic mass is 9.89. The zero-order valence-electron chi connectivity index (χ0n) is 14.7. The second-order valence-electron chi connectivity index (χ2n) is 7.12. The van der Waals surface area contributed by atoms with Crippen LogP contribution in [-0.4, -0.2) is 58.9 Å². The fraction of sp³-hybridized carbons (Fsp3) is 0.750. The van der Waals surface area contributed by atoms with Gasteiger partial charge in [-0.3, -0.25) is 9.89 Å². The topological polar surface area (TPSA) is 86.4 Å². The molecule has 0 aromatic carbocycles. The summed E-state index contributed by atoms with van der Waals surface area (Å²) in [4.78, 5) is 14.9. The van der Waals surface area contributed by atoms with Crippen molar-refractivity contribution >= 4 is 15.9 Å². The van der Waals surface area contributed by atoms with Crippen LogP contribution in [0.3, 0.4) is 0 Å². The number of nitrogens with zero attached hydrogens (tertiary/aromatic N) is 3. The molecule has 134 valence electrons. The number of carbonyl (C=O) groups is 1. The van der Waals surface area contributed by atoms with E-state index in [1.807, 2.05) is 4.90 Å². The Hall–Kier alpha value is -1.41. The first-order valence-corrected chi connectivity index (χ1v) is 10.0. The van der Waals surface area contributed by atoms with Crippen molar-refractivity contribution in [3.63, 3.8) is 0 Å². The highest BCUT2D eigenvalue weighted by Gasteiger charge is 2.41. The van der Waals surface area contributed by atoms with Crippen molar-refractivity contribution in [2.75, 3.05) is 13.1 Å². The largest absolute Gasteiger partial charge is 0.337 e. The van der Waals surface area contributed by atoms with Gasteiger partial charge in [-0.1, -0.05) is 0 Å². The Labute approximate surface area is 143 Å². The molecule has 1 amide bonds. The van der Waals surface area contributed by atoms with E-state index in [9.17, 15) is 13.2 Å². The zero-order chi connectivity index (χ0) is 17.6. The van der Waals surface area contributed by atoms with Crippen LogP contribution in [0.2, 0.25) is 0 Å². The van der Waals surface area contributed by atoms with E-state index in [0.29, 0.717) is 49.4 Å². The smallest absolute Gasteiger partial charge is 0.246 e. The van der Waals surface area contributed by atoms with E-state index < -0.39 is 10.0 Å². The van der Waals surface area contributed by atoms with Crippen LogP contribution >= 0.6 is 0 Å². The summed E-state index contributed by atoms with van der Waals surface area (Å²) < 4.78 is 27.2. The summed E-state index contributed by atoms with van der Waals surface area (Å²) in [7, 11) is -3.55. The average molecular weight is 354 g/mol. The molecule has 2 unspecified atom stereocenters. The predicted octanol–water partition coefficient (Wildman–Crippen LogP) is 1.44. The number of sulfonamides is 1. The van der Waals surface area contributed by atoms with Crippen molar-refractivity contribution in [3.05, 3.63) is 11.4 Å². The second-order valence-corrected chi connectivity index (χ2v) is 9.00. The Morgan fingerprint density at radius 1 is 1.17 bits per heavy atom. The minimum Gasteiger partial charge on any atom is -0.337 e. The summed E-state index contributed by atoms with van der Waals surface area (Å²) in [5, 5.41) is 6.72. The number of H-pyrrole nitrogens is 1. The van der Waals surface area contributed by atoms with Crippen LogP contribution in [0, 0.1) is 19.8 Å². The maximum absolute atomic E-state index is 12.8. The van der Waals surface area contributed by atoms with Gasteiger partial charge < -0.3 is 4.90 Å². The Balaban J connectivity index is 1.68. The maximum atomic E-state index is 12.8. The molecule has 3 heterocycles. The first kappa shape index (κ1) is 17.4. The van der Waals surface area contributed by atoms with E-state index in [1.165, 1.54) is 4.31 Å². The highest BCUT2D eigenvalue weighted by molar-refractivity contribution is 7.89. The molecule has 2 saturated heterocycles. The molecule has 0 spiro atoms. The summed E-state index contributed by atoms with van der Waals surface area (Å²) in [5.74, 6) is 0.127. The van der Waals surface area contributed by atoms with Gasteiger partial charge in [0.25, 0.3) is 0 Å². The van der Waals surface area contributed by atoms with Gasteiger partial charge in [-0.2, -0.15) is 9.40 Å². The molecule has 7 nitrogen and oxygen atoms in total. The van der Waals surface area contributed by atoms with Gasteiger partial charge in [0.15, 0.2) is 0 Å². The summed E-state index contributed by atoms with van der Waals surface area (Å²) in [6, 6.07) is 0.621. The molecule has 3 rings (SSSR count). The third-order valence-corrected chi connectivity index (χ3v) is 7.51. The number of likely N-dealkylation sites (tertiary alicyclic amines) is 1. The van der Waals surface area contributed by atoms with Crippen LogP contribution in [0.25, 0.3) is 0 Å². The second kappa shape index (κ2) is 6.15. The van der Waals surface area contributed by atoms with Crippen LogP contribution in [0.1, 0.15) is 44.5 Å². The molecule has 8 heteroatoms. The fourth-order valence-corrected chi connectivity index (χ4v) is 5.86. The number of nitrogens with one attached hydrogen (secondary N) is 1. The number of hydrogen-bond donors (Lipinski definition) is 1. The number of hydrogen-bond acceptors (Lipinski definition) is 4. The van der Waals surface area contributed by atoms with Gasteiger partial charge in [-0.15, -0.1) is 0 Å². The molecule has 0 aliphatic carbocycles. The molecular formula is C16H26N4O3S. The molecule has 1 aromatic rings. The van der Waals surface area contributed by atoms with Gasteiger partial charge in [0.05, 0.1) is 11.4 Å². The van der Waals surface area contributed by atoms with Crippen LogP contribution in [0.15, 0.2) is 4.90 Å². The zero-order valence-corrected chi connectivity index (χ0v) is 15.6. The molecule has 2 aliphatic rings. The summed E-state index contributed by atoms with van der Waals surface area (Å²) >= 11 is 0. The first-order valence-electron chi connectivity index (χ1n) is 8.57.